The van der Waals surface area contributed by atoms with E-state index in [1.807, 2.05) is 48.5 Å². The third kappa shape index (κ3) is 4.73. The number of urea groups is 1. The van der Waals surface area contributed by atoms with Crippen LogP contribution in [0.5, 0.6) is 5.75 Å². The number of benzene rings is 2. The number of para-hydroxylation sites is 1. The number of hydrogen-bond acceptors (Lipinski definition) is 3. The van der Waals surface area contributed by atoms with Crippen LogP contribution >= 0.6 is 0 Å². The van der Waals surface area contributed by atoms with E-state index in [1.54, 1.807) is 0 Å². The molecule has 2 aromatic carbocycles. The summed E-state index contributed by atoms with van der Waals surface area (Å²) in [4.78, 5) is 12.3. The van der Waals surface area contributed by atoms with Gasteiger partial charge in [-0.2, -0.15) is 0 Å². The van der Waals surface area contributed by atoms with E-state index in [2.05, 4.69) is 16.7 Å². The molecule has 2 atom stereocenters. The highest BCUT2D eigenvalue weighted by atomic mass is 16.5. The van der Waals surface area contributed by atoms with Gasteiger partial charge in [-0.1, -0.05) is 48.5 Å². The molecule has 0 spiro atoms. The largest absolute Gasteiger partial charge is 0.488 e. The van der Waals surface area contributed by atoms with Crippen molar-refractivity contribution in [2.45, 2.75) is 31.4 Å². The summed E-state index contributed by atoms with van der Waals surface area (Å²) in [6.07, 6.45) is 2.11. The molecule has 0 bridgehead atoms. The van der Waals surface area contributed by atoms with E-state index >= 15 is 0 Å². The lowest BCUT2D eigenvalue weighted by molar-refractivity contribution is 0.210. The number of carbonyl (C=O) groups is 1. The zero-order chi connectivity index (χ0) is 17.5. The number of rotatable bonds is 7. The first kappa shape index (κ1) is 17.3. The highest BCUT2D eigenvalue weighted by molar-refractivity contribution is 5.74. The molecule has 0 saturated carbocycles. The normalized spacial score (nSPS) is 16.6. The Kier molecular flexibility index (Phi) is 5.90. The Morgan fingerprint density at radius 2 is 1.92 bits per heavy atom. The molecule has 3 N–H and O–H groups in total. The number of carbonyl (C=O) groups excluding carboxylic acids is 1. The number of amides is 2. The Balaban J connectivity index is 1.50. The first-order valence-electron chi connectivity index (χ1n) is 8.71. The zero-order valence-electron chi connectivity index (χ0n) is 14.2. The van der Waals surface area contributed by atoms with Gasteiger partial charge in [-0.05, 0) is 30.0 Å². The van der Waals surface area contributed by atoms with Crippen LogP contribution < -0.4 is 15.4 Å². The molecule has 0 aromatic heterocycles. The maximum absolute atomic E-state index is 12.3. The molecule has 25 heavy (non-hydrogen) atoms. The van der Waals surface area contributed by atoms with Gasteiger partial charge in [0.15, 0.2) is 0 Å². The van der Waals surface area contributed by atoms with Gasteiger partial charge in [0.2, 0.25) is 0 Å². The molecule has 1 heterocycles. The second-order valence-electron chi connectivity index (χ2n) is 6.24. The molecule has 5 nitrogen and oxygen atoms in total. The molecule has 2 amide bonds. The molecule has 1 aliphatic rings. The topological polar surface area (TPSA) is 70.6 Å². The van der Waals surface area contributed by atoms with E-state index in [-0.39, 0.29) is 24.8 Å². The van der Waals surface area contributed by atoms with Crippen LogP contribution in [0.25, 0.3) is 0 Å². The maximum Gasteiger partial charge on any atom is 0.315 e. The van der Waals surface area contributed by atoms with E-state index in [0.29, 0.717) is 19.4 Å². The van der Waals surface area contributed by atoms with Crippen molar-refractivity contribution in [3.8, 4) is 5.75 Å². The summed E-state index contributed by atoms with van der Waals surface area (Å²) < 4.78 is 5.84. The average Bonchev–Trinajstić information content (AvgIpc) is 3.07. The van der Waals surface area contributed by atoms with Gasteiger partial charge in [-0.15, -0.1) is 0 Å². The lowest BCUT2D eigenvalue weighted by atomic mass is 10.0. The first-order valence-corrected chi connectivity index (χ1v) is 8.71. The van der Waals surface area contributed by atoms with Crippen molar-refractivity contribution in [3.05, 3.63) is 65.7 Å². The Morgan fingerprint density at radius 1 is 1.16 bits per heavy atom. The van der Waals surface area contributed by atoms with Gasteiger partial charge in [-0.25, -0.2) is 4.79 Å². The third-order valence-corrected chi connectivity index (χ3v) is 4.36. The zero-order valence-corrected chi connectivity index (χ0v) is 14.2. The van der Waals surface area contributed by atoms with Crippen LogP contribution in [0.2, 0.25) is 0 Å². The molecule has 3 rings (SSSR count). The van der Waals surface area contributed by atoms with Crippen LogP contribution in [0, 0.1) is 0 Å². The highest BCUT2D eigenvalue weighted by Crippen LogP contribution is 2.27. The second-order valence-corrected chi connectivity index (χ2v) is 6.24. The number of aliphatic hydroxyl groups is 1. The lowest BCUT2D eigenvalue weighted by Crippen LogP contribution is -2.42. The van der Waals surface area contributed by atoms with Gasteiger partial charge in [0.25, 0.3) is 0 Å². The fourth-order valence-electron chi connectivity index (χ4n) is 3.09. The third-order valence-electron chi connectivity index (χ3n) is 4.36. The molecule has 0 saturated heterocycles. The van der Waals surface area contributed by atoms with Crippen LogP contribution in [0.3, 0.4) is 0 Å². The van der Waals surface area contributed by atoms with Crippen molar-refractivity contribution in [2.24, 2.45) is 0 Å². The summed E-state index contributed by atoms with van der Waals surface area (Å²) >= 11 is 0. The number of ether oxygens (including phenoxy) is 1. The minimum absolute atomic E-state index is 0.0317. The molecule has 2 aromatic rings. The quantitative estimate of drug-likeness (QED) is 0.726. The number of hydrogen-bond donors (Lipinski definition) is 3. The SMILES string of the molecule is O=C(NCC1Cc2ccccc2O1)NC(CCCO)c1ccccc1. The number of fused-ring (bicyclic) bond motifs is 1. The van der Waals surface area contributed by atoms with Crippen LogP contribution in [-0.2, 0) is 6.42 Å². The van der Waals surface area contributed by atoms with E-state index in [9.17, 15) is 4.79 Å². The predicted octanol–water partition coefficient (Wildman–Crippen LogP) is 2.80. The molecule has 0 aliphatic carbocycles. The van der Waals surface area contributed by atoms with Crippen molar-refractivity contribution in [1.29, 1.82) is 0 Å². The lowest BCUT2D eigenvalue weighted by Gasteiger charge is -2.20. The van der Waals surface area contributed by atoms with Crippen molar-refractivity contribution in [3.63, 3.8) is 0 Å². The molecule has 2 unspecified atom stereocenters. The van der Waals surface area contributed by atoms with Crippen LogP contribution in [0.15, 0.2) is 54.6 Å². The van der Waals surface area contributed by atoms with Crippen molar-refractivity contribution in [2.75, 3.05) is 13.2 Å². The van der Waals surface area contributed by atoms with E-state index < -0.39 is 0 Å². The molecular formula is C20H24N2O3. The predicted molar refractivity (Wildman–Crippen MR) is 96.6 cm³/mol. The molecule has 0 radical (unpaired) electrons. The van der Waals surface area contributed by atoms with Gasteiger partial charge in [0.05, 0.1) is 12.6 Å². The fraction of sp³-hybridized carbons (Fsp3) is 0.350. The summed E-state index contributed by atoms with van der Waals surface area (Å²) in [5.41, 5.74) is 2.22. The minimum atomic E-state index is -0.216. The van der Waals surface area contributed by atoms with Crippen LogP contribution in [0.1, 0.15) is 30.0 Å². The van der Waals surface area contributed by atoms with Gasteiger partial charge in [0.1, 0.15) is 11.9 Å². The Bertz CT molecular complexity index is 665. The Morgan fingerprint density at radius 3 is 2.68 bits per heavy atom. The summed E-state index contributed by atoms with van der Waals surface area (Å²) in [6.45, 7) is 0.572. The molecular weight excluding hydrogens is 316 g/mol. The van der Waals surface area contributed by atoms with Crippen LogP contribution in [-0.4, -0.2) is 30.4 Å². The summed E-state index contributed by atoms with van der Waals surface area (Å²) in [6, 6.07) is 17.4. The van der Waals surface area contributed by atoms with E-state index in [4.69, 9.17) is 9.84 Å². The minimum Gasteiger partial charge on any atom is -0.488 e. The summed E-state index contributed by atoms with van der Waals surface area (Å²) in [7, 11) is 0. The van der Waals surface area contributed by atoms with Crippen molar-refractivity contribution in [1.82, 2.24) is 10.6 Å². The average molecular weight is 340 g/mol. The molecule has 0 fully saturated rings. The fourth-order valence-corrected chi connectivity index (χ4v) is 3.09. The Labute approximate surface area is 148 Å². The van der Waals surface area contributed by atoms with Gasteiger partial charge >= 0.3 is 6.03 Å². The summed E-state index contributed by atoms with van der Waals surface area (Å²) in [5, 5.41) is 15.0. The first-order chi connectivity index (χ1) is 12.3. The smallest absolute Gasteiger partial charge is 0.315 e. The molecule has 132 valence electrons. The van der Waals surface area contributed by atoms with Crippen molar-refractivity contribution >= 4 is 6.03 Å². The highest BCUT2D eigenvalue weighted by Gasteiger charge is 2.23. The number of aliphatic hydroxyl groups excluding tert-OH is 1. The van der Waals surface area contributed by atoms with Crippen LogP contribution in [0.4, 0.5) is 4.79 Å². The van der Waals surface area contributed by atoms with Gasteiger partial charge < -0.3 is 20.5 Å². The monoisotopic (exact) mass is 340 g/mol. The van der Waals surface area contributed by atoms with E-state index in [1.165, 1.54) is 5.56 Å². The standard InChI is InChI=1S/C20H24N2O3/c23-12-6-10-18(15-7-2-1-3-8-15)22-20(24)21-14-17-13-16-9-4-5-11-19(16)25-17/h1-5,7-9,11,17-18,23H,6,10,12-14H2,(H2,21,22,24). The maximum atomic E-state index is 12.3. The Hall–Kier alpha value is -2.53. The molecule has 5 heteroatoms. The number of nitrogens with one attached hydrogen (secondary N) is 2. The van der Waals surface area contributed by atoms with E-state index in [0.717, 1.165) is 17.7 Å². The summed E-state index contributed by atoms with van der Waals surface area (Å²) in [5.74, 6) is 0.903. The second kappa shape index (κ2) is 8.53. The molecule has 1 aliphatic heterocycles. The van der Waals surface area contributed by atoms with Gasteiger partial charge in [0, 0.05) is 13.0 Å². The van der Waals surface area contributed by atoms with Gasteiger partial charge in [-0.3, -0.25) is 0 Å². The van der Waals surface area contributed by atoms with Crippen molar-refractivity contribution < 1.29 is 14.6 Å².